The van der Waals surface area contributed by atoms with Gasteiger partial charge in [0.25, 0.3) is 15.9 Å². The van der Waals surface area contributed by atoms with Crippen LogP contribution in [0.2, 0.25) is 0 Å². The average molecular weight is 465 g/mol. The molecule has 3 aromatic rings. The molecule has 3 aromatic carbocycles. The largest absolute Gasteiger partial charge is 0.490 e. The van der Waals surface area contributed by atoms with Crippen LogP contribution >= 0.6 is 0 Å². The number of hydrogen-bond acceptors (Lipinski definition) is 5. The number of aryl methyl sites for hydroxylation is 1. The monoisotopic (exact) mass is 464 g/mol. The zero-order chi connectivity index (χ0) is 22.8. The fraction of sp³-hybridized carbons (Fsp3) is 0.240. The Morgan fingerprint density at radius 2 is 1.73 bits per heavy atom. The minimum absolute atomic E-state index is 0.0455. The minimum atomic E-state index is -3.88. The van der Waals surface area contributed by atoms with Gasteiger partial charge in [-0.15, -0.1) is 0 Å². The number of carbonyl (C=O) groups excluding carboxylic acids is 1. The van der Waals surface area contributed by atoms with E-state index in [1.165, 1.54) is 23.8 Å². The minimum Gasteiger partial charge on any atom is -0.490 e. The molecule has 5 rings (SSSR count). The highest BCUT2D eigenvalue weighted by Crippen LogP contribution is 2.33. The highest BCUT2D eigenvalue weighted by molar-refractivity contribution is 7.92. The standard InChI is InChI=1S/C25H24N2O5S/c28-25(26-22-11-9-17-5-1-2-8-21(17)22)18-6-3-7-19(15-18)27-33(29,30)20-10-12-23-24(16-20)32-14-4-13-31-23/h1-3,5-8,10,12,15-16,22,27H,4,9,11,13-14H2,(H,26,28). The lowest BCUT2D eigenvalue weighted by Crippen LogP contribution is -2.27. The maximum Gasteiger partial charge on any atom is 0.262 e. The number of amides is 1. The fourth-order valence-electron chi connectivity index (χ4n) is 4.20. The van der Waals surface area contributed by atoms with Crippen LogP contribution in [0.1, 0.15) is 40.4 Å². The number of ether oxygens (including phenoxy) is 2. The molecule has 0 fully saturated rings. The molecular formula is C25H24N2O5S. The van der Waals surface area contributed by atoms with E-state index in [0.29, 0.717) is 36.0 Å². The molecule has 170 valence electrons. The summed E-state index contributed by atoms with van der Waals surface area (Å²) in [5.41, 5.74) is 3.08. The molecular weight excluding hydrogens is 440 g/mol. The highest BCUT2D eigenvalue weighted by Gasteiger charge is 2.24. The highest BCUT2D eigenvalue weighted by atomic mass is 32.2. The molecule has 0 spiro atoms. The van der Waals surface area contributed by atoms with Crippen LogP contribution in [0.4, 0.5) is 5.69 Å². The van der Waals surface area contributed by atoms with E-state index in [9.17, 15) is 13.2 Å². The van der Waals surface area contributed by atoms with Gasteiger partial charge in [-0.1, -0.05) is 30.3 Å². The van der Waals surface area contributed by atoms with Crippen LogP contribution in [0.3, 0.4) is 0 Å². The van der Waals surface area contributed by atoms with E-state index in [0.717, 1.165) is 24.8 Å². The summed E-state index contributed by atoms with van der Waals surface area (Å²) < 4.78 is 39.7. The van der Waals surface area contributed by atoms with Crippen LogP contribution in [-0.4, -0.2) is 27.5 Å². The van der Waals surface area contributed by atoms with Crippen LogP contribution in [0.25, 0.3) is 0 Å². The normalized spacial score (nSPS) is 17.0. The van der Waals surface area contributed by atoms with Gasteiger partial charge in [0.05, 0.1) is 24.2 Å². The Kier molecular flexibility index (Phi) is 5.68. The SMILES string of the molecule is O=C(NC1CCc2ccccc21)c1cccc(NS(=O)(=O)c2ccc3c(c2)OCCCO3)c1. The number of fused-ring (bicyclic) bond motifs is 2. The molecule has 1 unspecified atom stereocenters. The Morgan fingerprint density at radius 1 is 0.909 bits per heavy atom. The summed E-state index contributed by atoms with van der Waals surface area (Å²) in [6.07, 6.45) is 2.51. The lowest BCUT2D eigenvalue weighted by Gasteiger charge is -2.15. The van der Waals surface area contributed by atoms with Gasteiger partial charge >= 0.3 is 0 Å². The Labute approximate surface area is 192 Å². The molecule has 0 saturated carbocycles. The number of benzene rings is 3. The van der Waals surface area contributed by atoms with Gasteiger partial charge in [-0.25, -0.2) is 8.42 Å². The van der Waals surface area contributed by atoms with E-state index >= 15 is 0 Å². The van der Waals surface area contributed by atoms with E-state index in [4.69, 9.17) is 9.47 Å². The molecule has 7 nitrogen and oxygen atoms in total. The van der Waals surface area contributed by atoms with Gasteiger partial charge in [0.2, 0.25) is 0 Å². The Hall–Kier alpha value is -3.52. The van der Waals surface area contributed by atoms with E-state index in [2.05, 4.69) is 16.1 Å². The Morgan fingerprint density at radius 3 is 2.61 bits per heavy atom. The summed E-state index contributed by atoms with van der Waals surface area (Å²) in [6, 6.07) is 19.0. The molecule has 1 heterocycles. The summed E-state index contributed by atoms with van der Waals surface area (Å²) in [7, 11) is -3.88. The molecule has 0 aromatic heterocycles. The molecule has 0 radical (unpaired) electrons. The molecule has 2 aliphatic rings. The predicted molar refractivity (Wildman–Crippen MR) is 124 cm³/mol. The molecule has 33 heavy (non-hydrogen) atoms. The second kappa shape index (κ2) is 8.78. The van der Waals surface area contributed by atoms with Crippen molar-refractivity contribution in [2.75, 3.05) is 17.9 Å². The third kappa shape index (κ3) is 4.52. The number of carbonyl (C=O) groups is 1. The molecule has 1 aliphatic carbocycles. The number of hydrogen-bond donors (Lipinski definition) is 2. The van der Waals surface area contributed by atoms with Gasteiger partial charge in [-0.3, -0.25) is 9.52 Å². The van der Waals surface area contributed by atoms with Crippen LogP contribution in [0.5, 0.6) is 11.5 Å². The van der Waals surface area contributed by atoms with Crippen LogP contribution in [-0.2, 0) is 16.4 Å². The molecule has 1 aliphatic heterocycles. The first-order chi connectivity index (χ1) is 16.0. The molecule has 2 N–H and O–H groups in total. The lowest BCUT2D eigenvalue weighted by atomic mass is 10.1. The van der Waals surface area contributed by atoms with E-state index in [1.807, 2.05) is 18.2 Å². The summed E-state index contributed by atoms with van der Waals surface area (Å²) in [6.45, 7) is 0.991. The second-order valence-electron chi connectivity index (χ2n) is 8.11. The van der Waals surface area contributed by atoms with Crippen LogP contribution in [0.15, 0.2) is 71.6 Å². The van der Waals surface area contributed by atoms with Crippen molar-refractivity contribution in [3.63, 3.8) is 0 Å². The number of rotatable bonds is 5. The topological polar surface area (TPSA) is 93.7 Å². The van der Waals surface area contributed by atoms with Crippen molar-refractivity contribution in [3.8, 4) is 11.5 Å². The molecule has 8 heteroatoms. The fourth-order valence-corrected chi connectivity index (χ4v) is 5.26. The van der Waals surface area contributed by atoms with Gasteiger partial charge in [0.15, 0.2) is 11.5 Å². The quantitative estimate of drug-likeness (QED) is 0.594. The number of nitrogens with one attached hydrogen (secondary N) is 2. The Balaban J connectivity index is 1.32. The zero-order valence-electron chi connectivity index (χ0n) is 17.9. The van der Waals surface area contributed by atoms with Crippen molar-refractivity contribution >= 4 is 21.6 Å². The van der Waals surface area contributed by atoms with Crippen molar-refractivity contribution in [1.29, 1.82) is 0 Å². The first kappa shape index (κ1) is 21.3. The van der Waals surface area contributed by atoms with E-state index in [-0.39, 0.29) is 16.8 Å². The third-order valence-electron chi connectivity index (χ3n) is 5.84. The zero-order valence-corrected chi connectivity index (χ0v) is 18.7. The number of anilines is 1. The average Bonchev–Trinajstić information content (AvgIpc) is 3.06. The molecule has 1 atom stereocenters. The Bertz CT molecular complexity index is 1310. The number of sulfonamides is 1. The third-order valence-corrected chi connectivity index (χ3v) is 7.22. The summed E-state index contributed by atoms with van der Waals surface area (Å²) in [4.78, 5) is 12.9. The van der Waals surface area contributed by atoms with Crippen molar-refractivity contribution in [3.05, 3.63) is 83.4 Å². The van der Waals surface area contributed by atoms with Gasteiger partial charge in [-0.05, 0) is 54.3 Å². The molecule has 1 amide bonds. The summed E-state index contributed by atoms with van der Waals surface area (Å²) in [5, 5.41) is 3.07. The van der Waals surface area contributed by atoms with Gasteiger partial charge < -0.3 is 14.8 Å². The van der Waals surface area contributed by atoms with Crippen molar-refractivity contribution in [1.82, 2.24) is 5.32 Å². The maximum absolute atomic E-state index is 13.0. The van der Waals surface area contributed by atoms with Gasteiger partial charge in [0.1, 0.15) is 0 Å². The first-order valence-corrected chi connectivity index (χ1v) is 12.4. The second-order valence-corrected chi connectivity index (χ2v) is 9.79. The van der Waals surface area contributed by atoms with Crippen LogP contribution in [0, 0.1) is 0 Å². The predicted octanol–water partition coefficient (Wildman–Crippen LogP) is 4.07. The van der Waals surface area contributed by atoms with Gasteiger partial charge in [-0.2, -0.15) is 0 Å². The van der Waals surface area contributed by atoms with E-state index in [1.54, 1.807) is 24.3 Å². The van der Waals surface area contributed by atoms with Crippen molar-refractivity contribution in [2.45, 2.75) is 30.2 Å². The lowest BCUT2D eigenvalue weighted by molar-refractivity contribution is 0.0936. The summed E-state index contributed by atoms with van der Waals surface area (Å²) >= 11 is 0. The van der Waals surface area contributed by atoms with Crippen molar-refractivity contribution < 1.29 is 22.7 Å². The van der Waals surface area contributed by atoms with Crippen LogP contribution < -0.4 is 19.5 Å². The molecule has 0 saturated heterocycles. The van der Waals surface area contributed by atoms with Gasteiger partial charge in [0, 0.05) is 23.7 Å². The smallest absolute Gasteiger partial charge is 0.262 e. The maximum atomic E-state index is 13.0. The first-order valence-electron chi connectivity index (χ1n) is 10.9. The summed E-state index contributed by atoms with van der Waals surface area (Å²) in [5.74, 6) is 0.687. The van der Waals surface area contributed by atoms with E-state index < -0.39 is 10.0 Å². The van der Waals surface area contributed by atoms with Crippen molar-refractivity contribution in [2.24, 2.45) is 0 Å². The molecule has 0 bridgehead atoms.